The number of aromatic nitrogens is 2. The molecule has 136 valence electrons. The van der Waals surface area contributed by atoms with Crippen LogP contribution in [-0.4, -0.2) is 22.0 Å². The van der Waals surface area contributed by atoms with Crippen LogP contribution in [0.1, 0.15) is 34.6 Å². The van der Waals surface area contributed by atoms with E-state index < -0.39 is 0 Å². The van der Waals surface area contributed by atoms with E-state index >= 15 is 0 Å². The second kappa shape index (κ2) is 7.90. The number of aryl methyl sites for hydroxylation is 1. The van der Waals surface area contributed by atoms with Gasteiger partial charge in [-0.05, 0) is 44.0 Å². The minimum absolute atomic E-state index is 0.199. The number of thiophene rings is 1. The number of carbonyl (C=O) groups excluding carboxylic acids is 1. The SMILES string of the molecule is Cc1c(C(=O)OC(C)C)sc2nc(SCc3ccc(F)cc3)nc(Cl)c12. The van der Waals surface area contributed by atoms with Gasteiger partial charge in [0.05, 0.1) is 11.5 Å². The third-order valence-electron chi connectivity index (χ3n) is 3.53. The lowest BCUT2D eigenvalue weighted by atomic mass is 10.2. The summed E-state index contributed by atoms with van der Waals surface area (Å²) >= 11 is 8.99. The zero-order valence-corrected chi connectivity index (χ0v) is 16.8. The summed E-state index contributed by atoms with van der Waals surface area (Å²) in [6.07, 6.45) is -0.199. The van der Waals surface area contributed by atoms with Gasteiger partial charge in [-0.2, -0.15) is 0 Å². The van der Waals surface area contributed by atoms with E-state index in [0.29, 0.717) is 31.2 Å². The van der Waals surface area contributed by atoms with Crippen molar-refractivity contribution >= 4 is 50.9 Å². The molecule has 1 aromatic carbocycles. The number of hydrogen-bond donors (Lipinski definition) is 0. The first kappa shape index (κ1) is 19.1. The second-order valence-electron chi connectivity index (χ2n) is 5.90. The van der Waals surface area contributed by atoms with E-state index in [1.807, 2.05) is 6.92 Å². The fourth-order valence-corrected chi connectivity index (χ4v) is 4.67. The number of ether oxygens (including phenoxy) is 1. The molecular weight excluding hydrogens is 395 g/mol. The fraction of sp³-hybridized carbons (Fsp3) is 0.278. The summed E-state index contributed by atoms with van der Waals surface area (Å²) in [5, 5.41) is 1.50. The first-order valence-corrected chi connectivity index (χ1v) is 10.1. The van der Waals surface area contributed by atoms with Crippen LogP contribution >= 0.6 is 34.7 Å². The molecule has 3 aromatic rings. The zero-order chi connectivity index (χ0) is 18.8. The van der Waals surface area contributed by atoms with Crippen molar-refractivity contribution in [3.05, 3.63) is 51.2 Å². The molecule has 0 atom stereocenters. The number of esters is 1. The monoisotopic (exact) mass is 410 g/mol. The molecule has 2 aromatic heterocycles. The lowest BCUT2D eigenvalue weighted by Gasteiger charge is -2.06. The van der Waals surface area contributed by atoms with Gasteiger partial charge in [-0.15, -0.1) is 11.3 Å². The quantitative estimate of drug-likeness (QED) is 0.235. The maximum atomic E-state index is 13.0. The van der Waals surface area contributed by atoms with E-state index in [9.17, 15) is 9.18 Å². The summed E-state index contributed by atoms with van der Waals surface area (Å²) in [7, 11) is 0. The van der Waals surface area contributed by atoms with Gasteiger partial charge in [0.15, 0.2) is 5.16 Å². The van der Waals surface area contributed by atoms with Gasteiger partial charge in [-0.25, -0.2) is 19.2 Å². The number of benzene rings is 1. The van der Waals surface area contributed by atoms with E-state index in [1.165, 1.54) is 35.2 Å². The van der Waals surface area contributed by atoms with Crippen molar-refractivity contribution in [3.8, 4) is 0 Å². The molecule has 0 saturated carbocycles. The number of halogens is 2. The summed E-state index contributed by atoms with van der Waals surface area (Å²) in [5.41, 5.74) is 1.69. The molecule has 0 fully saturated rings. The van der Waals surface area contributed by atoms with E-state index in [2.05, 4.69) is 9.97 Å². The Hall–Kier alpha value is -1.70. The van der Waals surface area contributed by atoms with Crippen LogP contribution in [0.5, 0.6) is 0 Å². The van der Waals surface area contributed by atoms with Crippen molar-refractivity contribution in [2.75, 3.05) is 0 Å². The summed E-state index contributed by atoms with van der Waals surface area (Å²) in [5.74, 6) is -0.0548. The predicted octanol–water partition coefficient (Wildman–Crippen LogP) is 5.65. The van der Waals surface area contributed by atoms with Crippen molar-refractivity contribution in [1.82, 2.24) is 9.97 Å². The second-order valence-corrected chi connectivity index (χ2v) is 8.20. The molecule has 8 heteroatoms. The van der Waals surface area contributed by atoms with Gasteiger partial charge < -0.3 is 4.74 Å². The smallest absolute Gasteiger partial charge is 0.348 e. The van der Waals surface area contributed by atoms with Gasteiger partial charge in [-0.1, -0.05) is 35.5 Å². The average molecular weight is 411 g/mol. The summed E-state index contributed by atoms with van der Waals surface area (Å²) in [4.78, 5) is 22.2. The van der Waals surface area contributed by atoms with Gasteiger partial charge in [-0.3, -0.25) is 0 Å². The first-order chi connectivity index (χ1) is 12.3. The van der Waals surface area contributed by atoms with Gasteiger partial charge in [0, 0.05) is 5.75 Å². The van der Waals surface area contributed by atoms with Gasteiger partial charge in [0.1, 0.15) is 20.7 Å². The Kier molecular flexibility index (Phi) is 5.79. The molecule has 0 aliphatic rings. The lowest BCUT2D eigenvalue weighted by molar-refractivity contribution is 0.0383. The maximum absolute atomic E-state index is 13.0. The van der Waals surface area contributed by atoms with Crippen molar-refractivity contribution in [2.24, 2.45) is 0 Å². The molecule has 0 N–H and O–H groups in total. The Morgan fingerprint density at radius 3 is 2.65 bits per heavy atom. The Bertz CT molecular complexity index is 958. The largest absolute Gasteiger partial charge is 0.459 e. The van der Waals surface area contributed by atoms with Crippen LogP contribution in [-0.2, 0) is 10.5 Å². The van der Waals surface area contributed by atoms with Gasteiger partial charge in [0.2, 0.25) is 0 Å². The Labute approximate surface area is 163 Å². The number of rotatable bonds is 5. The molecule has 4 nitrogen and oxygen atoms in total. The van der Waals surface area contributed by atoms with Crippen molar-refractivity contribution in [2.45, 2.75) is 37.8 Å². The molecule has 2 heterocycles. The van der Waals surface area contributed by atoms with Gasteiger partial charge in [0.25, 0.3) is 0 Å². The van der Waals surface area contributed by atoms with Crippen LogP contribution in [0.4, 0.5) is 4.39 Å². The average Bonchev–Trinajstić information content (AvgIpc) is 2.91. The summed E-state index contributed by atoms with van der Waals surface area (Å²) in [6, 6.07) is 6.28. The molecule has 0 bridgehead atoms. The molecule has 3 rings (SSSR count). The lowest BCUT2D eigenvalue weighted by Crippen LogP contribution is -2.11. The number of hydrogen-bond acceptors (Lipinski definition) is 6. The predicted molar refractivity (Wildman–Crippen MR) is 104 cm³/mol. The van der Waals surface area contributed by atoms with E-state index in [4.69, 9.17) is 16.3 Å². The van der Waals surface area contributed by atoms with Gasteiger partial charge >= 0.3 is 5.97 Å². The molecular formula is C18H16ClFN2O2S2. The van der Waals surface area contributed by atoms with Crippen molar-refractivity contribution < 1.29 is 13.9 Å². The van der Waals surface area contributed by atoms with Crippen LogP contribution in [0.15, 0.2) is 29.4 Å². The highest BCUT2D eigenvalue weighted by atomic mass is 35.5. The van der Waals surface area contributed by atoms with Crippen LogP contribution in [0, 0.1) is 12.7 Å². The minimum Gasteiger partial charge on any atom is -0.459 e. The third-order valence-corrected chi connectivity index (χ3v) is 5.89. The van der Waals surface area contributed by atoms with E-state index in [0.717, 1.165) is 11.1 Å². The Balaban J connectivity index is 1.87. The fourth-order valence-electron chi connectivity index (χ4n) is 2.33. The molecule has 0 amide bonds. The standard InChI is InChI=1S/C18H16ClFN2O2S2/c1-9(2)24-17(23)14-10(3)13-15(19)21-18(22-16(13)26-14)25-8-11-4-6-12(20)7-5-11/h4-7,9H,8H2,1-3H3. The Morgan fingerprint density at radius 1 is 1.31 bits per heavy atom. The van der Waals surface area contributed by atoms with Crippen LogP contribution in [0.2, 0.25) is 5.15 Å². The first-order valence-electron chi connectivity index (χ1n) is 7.90. The summed E-state index contributed by atoms with van der Waals surface area (Å²) in [6.45, 7) is 5.42. The van der Waals surface area contributed by atoms with E-state index in [1.54, 1.807) is 26.0 Å². The van der Waals surface area contributed by atoms with Crippen LogP contribution < -0.4 is 0 Å². The van der Waals surface area contributed by atoms with Crippen LogP contribution in [0.25, 0.3) is 10.2 Å². The molecule has 0 aliphatic heterocycles. The molecule has 26 heavy (non-hydrogen) atoms. The zero-order valence-electron chi connectivity index (χ0n) is 14.4. The van der Waals surface area contributed by atoms with E-state index in [-0.39, 0.29) is 17.9 Å². The van der Waals surface area contributed by atoms with Crippen LogP contribution in [0.3, 0.4) is 0 Å². The number of nitrogens with zero attached hydrogens (tertiary/aromatic N) is 2. The molecule has 0 spiro atoms. The topological polar surface area (TPSA) is 52.1 Å². The molecule has 0 saturated heterocycles. The highest BCUT2D eigenvalue weighted by molar-refractivity contribution is 7.98. The maximum Gasteiger partial charge on any atom is 0.348 e. The number of fused-ring (bicyclic) bond motifs is 1. The molecule has 0 aliphatic carbocycles. The Morgan fingerprint density at radius 2 is 2.00 bits per heavy atom. The van der Waals surface area contributed by atoms with Crippen molar-refractivity contribution in [1.29, 1.82) is 0 Å². The highest BCUT2D eigenvalue weighted by Crippen LogP contribution is 2.36. The third kappa shape index (κ3) is 4.16. The number of carbonyl (C=O) groups is 1. The molecule has 0 radical (unpaired) electrons. The summed E-state index contributed by atoms with van der Waals surface area (Å²) < 4.78 is 18.3. The normalized spacial score (nSPS) is 11.3. The highest BCUT2D eigenvalue weighted by Gasteiger charge is 2.21. The molecule has 0 unspecified atom stereocenters. The number of thioether (sulfide) groups is 1. The minimum atomic E-state index is -0.378. The van der Waals surface area contributed by atoms with Crippen molar-refractivity contribution in [3.63, 3.8) is 0 Å².